The van der Waals surface area contributed by atoms with E-state index in [0.29, 0.717) is 22.7 Å². The topological polar surface area (TPSA) is 51.7 Å². The number of amides is 1. The minimum absolute atomic E-state index is 0.261. The van der Waals surface area contributed by atoms with E-state index in [4.69, 9.17) is 9.47 Å². The number of methoxy groups -OCH3 is 2. The highest BCUT2D eigenvalue weighted by molar-refractivity contribution is 6.06. The van der Waals surface area contributed by atoms with Crippen molar-refractivity contribution in [1.82, 2.24) is 4.98 Å². The number of carbonyl (C=O) groups excluding carboxylic acids is 1. The van der Waals surface area contributed by atoms with Gasteiger partial charge < -0.3 is 14.4 Å². The number of rotatable bonds is 6. The number of aromatic nitrogens is 1. The van der Waals surface area contributed by atoms with Gasteiger partial charge in [-0.2, -0.15) is 0 Å². The highest BCUT2D eigenvalue weighted by Crippen LogP contribution is 2.26. The smallest absolute Gasteiger partial charge is 0.258 e. The molecule has 3 aromatic rings. The average Bonchev–Trinajstić information content (AvgIpc) is 2.72. The standard InChI is InChI=1S/C21H19FN2O3/c1-26-19-10-16(11-20(12-19)27-2)21(25)24(14-15-4-3-9-23-13-15)18-7-5-17(22)6-8-18/h3-13H,14H2,1-2H3. The van der Waals surface area contributed by atoms with Crippen LogP contribution in [0.3, 0.4) is 0 Å². The maximum absolute atomic E-state index is 13.4. The van der Waals surface area contributed by atoms with Crippen molar-refractivity contribution >= 4 is 11.6 Å². The molecular formula is C21H19FN2O3. The van der Waals surface area contributed by atoms with Crippen LogP contribution in [0.25, 0.3) is 0 Å². The zero-order chi connectivity index (χ0) is 19.2. The molecule has 0 bridgehead atoms. The van der Waals surface area contributed by atoms with Crippen LogP contribution >= 0.6 is 0 Å². The van der Waals surface area contributed by atoms with Gasteiger partial charge in [0, 0.05) is 29.7 Å². The van der Waals surface area contributed by atoms with Crippen LogP contribution in [0.15, 0.2) is 67.0 Å². The van der Waals surface area contributed by atoms with E-state index < -0.39 is 0 Å². The first-order valence-corrected chi connectivity index (χ1v) is 8.30. The van der Waals surface area contributed by atoms with Crippen LogP contribution in [0.1, 0.15) is 15.9 Å². The molecule has 0 unspecified atom stereocenters. The van der Waals surface area contributed by atoms with Crippen LogP contribution in [-0.2, 0) is 6.54 Å². The quantitative estimate of drug-likeness (QED) is 0.659. The number of hydrogen-bond acceptors (Lipinski definition) is 4. The Kier molecular flexibility index (Phi) is 5.66. The summed E-state index contributed by atoms with van der Waals surface area (Å²) in [6.45, 7) is 0.290. The maximum atomic E-state index is 13.4. The zero-order valence-electron chi connectivity index (χ0n) is 15.1. The van der Waals surface area contributed by atoms with Crippen molar-refractivity contribution in [2.45, 2.75) is 6.54 Å². The van der Waals surface area contributed by atoms with Crippen molar-refractivity contribution in [3.8, 4) is 11.5 Å². The molecular weight excluding hydrogens is 347 g/mol. The number of halogens is 1. The Balaban J connectivity index is 2.01. The van der Waals surface area contributed by atoms with Crippen LogP contribution in [0, 0.1) is 5.82 Å². The van der Waals surface area contributed by atoms with Crippen molar-refractivity contribution in [3.63, 3.8) is 0 Å². The normalized spacial score (nSPS) is 10.3. The molecule has 0 N–H and O–H groups in total. The lowest BCUT2D eigenvalue weighted by Crippen LogP contribution is -2.30. The van der Waals surface area contributed by atoms with E-state index in [-0.39, 0.29) is 18.3 Å². The molecule has 0 saturated carbocycles. The van der Waals surface area contributed by atoms with E-state index in [9.17, 15) is 9.18 Å². The molecule has 0 atom stereocenters. The Morgan fingerprint density at radius 1 is 1.04 bits per heavy atom. The third kappa shape index (κ3) is 4.41. The molecule has 0 aliphatic heterocycles. The minimum atomic E-state index is -0.365. The van der Waals surface area contributed by atoms with E-state index in [1.807, 2.05) is 6.07 Å². The molecule has 1 aromatic heterocycles. The second-order valence-electron chi connectivity index (χ2n) is 5.83. The van der Waals surface area contributed by atoms with Crippen LogP contribution in [0.2, 0.25) is 0 Å². The number of carbonyl (C=O) groups is 1. The second kappa shape index (κ2) is 8.31. The average molecular weight is 366 g/mol. The van der Waals surface area contributed by atoms with Crippen molar-refractivity contribution in [1.29, 1.82) is 0 Å². The fourth-order valence-corrected chi connectivity index (χ4v) is 2.66. The number of anilines is 1. The number of pyridine rings is 1. The molecule has 1 amide bonds. The van der Waals surface area contributed by atoms with Crippen LogP contribution < -0.4 is 14.4 Å². The van der Waals surface area contributed by atoms with Crippen molar-refractivity contribution in [3.05, 3.63) is 83.9 Å². The van der Waals surface area contributed by atoms with Gasteiger partial charge >= 0.3 is 0 Å². The van der Waals surface area contributed by atoms with Gasteiger partial charge in [-0.05, 0) is 48.0 Å². The molecule has 1 heterocycles. The lowest BCUT2D eigenvalue weighted by Gasteiger charge is -2.23. The largest absolute Gasteiger partial charge is 0.497 e. The van der Waals surface area contributed by atoms with Crippen molar-refractivity contribution < 1.29 is 18.7 Å². The summed E-state index contributed by atoms with van der Waals surface area (Å²) >= 11 is 0. The van der Waals surface area contributed by atoms with Crippen LogP contribution in [0.5, 0.6) is 11.5 Å². The molecule has 27 heavy (non-hydrogen) atoms. The van der Waals surface area contributed by atoms with Gasteiger partial charge in [0.2, 0.25) is 0 Å². The molecule has 0 saturated heterocycles. The molecule has 5 nitrogen and oxygen atoms in total. The first kappa shape index (κ1) is 18.4. The molecule has 138 valence electrons. The summed E-state index contributed by atoms with van der Waals surface area (Å²) in [7, 11) is 3.05. The van der Waals surface area contributed by atoms with Gasteiger partial charge in [-0.15, -0.1) is 0 Å². The molecule has 0 aliphatic carbocycles. The monoisotopic (exact) mass is 366 g/mol. The predicted molar refractivity (Wildman–Crippen MR) is 101 cm³/mol. The van der Waals surface area contributed by atoms with Gasteiger partial charge in [-0.25, -0.2) is 4.39 Å². The third-order valence-corrected chi connectivity index (χ3v) is 4.05. The van der Waals surface area contributed by atoms with E-state index in [2.05, 4.69) is 4.98 Å². The van der Waals surface area contributed by atoms with Gasteiger partial charge in [0.05, 0.1) is 20.8 Å². The molecule has 0 fully saturated rings. The Morgan fingerprint density at radius 3 is 2.26 bits per heavy atom. The van der Waals surface area contributed by atoms with E-state index in [0.717, 1.165) is 5.56 Å². The molecule has 2 aromatic carbocycles. The molecule has 6 heteroatoms. The highest BCUT2D eigenvalue weighted by atomic mass is 19.1. The lowest BCUT2D eigenvalue weighted by atomic mass is 10.1. The molecule has 3 rings (SSSR count). The fourth-order valence-electron chi connectivity index (χ4n) is 2.66. The predicted octanol–water partition coefficient (Wildman–Crippen LogP) is 4.08. The third-order valence-electron chi connectivity index (χ3n) is 4.05. The fraction of sp³-hybridized carbons (Fsp3) is 0.143. The summed E-state index contributed by atoms with van der Waals surface area (Å²) in [6.07, 6.45) is 3.36. The molecule has 0 aliphatic rings. The SMILES string of the molecule is COc1cc(OC)cc(C(=O)N(Cc2cccnc2)c2ccc(F)cc2)c1. The number of nitrogens with zero attached hydrogens (tertiary/aromatic N) is 2. The van der Waals surface area contributed by atoms with Crippen LogP contribution in [-0.4, -0.2) is 25.1 Å². The highest BCUT2D eigenvalue weighted by Gasteiger charge is 2.20. The lowest BCUT2D eigenvalue weighted by molar-refractivity contribution is 0.0984. The van der Waals surface area contributed by atoms with Crippen molar-refractivity contribution in [2.24, 2.45) is 0 Å². The van der Waals surface area contributed by atoms with Crippen LogP contribution in [0.4, 0.5) is 10.1 Å². The summed E-state index contributed by atoms with van der Waals surface area (Å²) in [5, 5.41) is 0. The van der Waals surface area contributed by atoms with Gasteiger partial charge in [-0.3, -0.25) is 9.78 Å². The van der Waals surface area contributed by atoms with E-state index >= 15 is 0 Å². The first-order chi connectivity index (χ1) is 13.1. The number of ether oxygens (including phenoxy) is 2. The summed E-state index contributed by atoms with van der Waals surface area (Å²) in [5.41, 5.74) is 1.83. The van der Waals surface area contributed by atoms with E-state index in [1.165, 1.54) is 26.4 Å². The number of benzene rings is 2. The Hall–Kier alpha value is -3.41. The summed E-state index contributed by atoms with van der Waals surface area (Å²) in [6, 6.07) is 14.5. The van der Waals surface area contributed by atoms with Gasteiger partial charge in [0.25, 0.3) is 5.91 Å². The Bertz CT molecular complexity index is 892. The van der Waals surface area contributed by atoms with Gasteiger partial charge in [0.1, 0.15) is 17.3 Å². The minimum Gasteiger partial charge on any atom is -0.497 e. The maximum Gasteiger partial charge on any atom is 0.258 e. The first-order valence-electron chi connectivity index (χ1n) is 8.30. The summed E-state index contributed by atoms with van der Waals surface area (Å²) < 4.78 is 23.9. The molecule has 0 radical (unpaired) electrons. The zero-order valence-corrected chi connectivity index (χ0v) is 15.1. The van der Waals surface area contributed by atoms with Gasteiger partial charge in [0.15, 0.2) is 0 Å². The second-order valence-corrected chi connectivity index (χ2v) is 5.83. The Labute approximate surface area is 157 Å². The Morgan fingerprint density at radius 2 is 1.70 bits per heavy atom. The molecule has 0 spiro atoms. The summed E-state index contributed by atoms with van der Waals surface area (Å²) in [5.74, 6) is 0.398. The van der Waals surface area contributed by atoms with Crippen molar-refractivity contribution in [2.75, 3.05) is 19.1 Å². The summed E-state index contributed by atoms with van der Waals surface area (Å²) in [4.78, 5) is 18.9. The van der Waals surface area contributed by atoms with Gasteiger partial charge in [-0.1, -0.05) is 6.07 Å². The number of hydrogen-bond donors (Lipinski definition) is 0. The van der Waals surface area contributed by atoms with E-state index in [1.54, 1.807) is 53.7 Å².